The molecule has 0 spiro atoms. The summed E-state index contributed by atoms with van der Waals surface area (Å²) < 4.78 is 2.01. The zero-order chi connectivity index (χ0) is 14.0. The fourth-order valence-electron chi connectivity index (χ4n) is 1.80. The normalized spacial score (nSPS) is 10.4. The van der Waals surface area contributed by atoms with Gasteiger partial charge in [0.25, 0.3) is 0 Å². The van der Waals surface area contributed by atoms with Crippen molar-refractivity contribution < 1.29 is 4.79 Å². The van der Waals surface area contributed by atoms with Gasteiger partial charge in [-0.05, 0) is 12.0 Å². The third-order valence-electron chi connectivity index (χ3n) is 2.82. The number of amides is 1. The maximum absolute atomic E-state index is 11.6. The van der Waals surface area contributed by atoms with Crippen molar-refractivity contribution in [3.05, 3.63) is 54.6 Å². The first-order valence-electron chi connectivity index (χ1n) is 6.69. The van der Waals surface area contributed by atoms with Crippen LogP contribution in [0.1, 0.15) is 12.0 Å². The molecule has 0 aliphatic heterocycles. The maximum atomic E-state index is 11.6. The molecule has 0 saturated carbocycles. The van der Waals surface area contributed by atoms with E-state index in [4.69, 9.17) is 0 Å². The topological polar surface area (TPSA) is 46.9 Å². The van der Waals surface area contributed by atoms with Gasteiger partial charge < -0.3 is 9.88 Å². The first-order chi connectivity index (χ1) is 9.84. The Balaban J connectivity index is 1.52. The van der Waals surface area contributed by atoms with Crippen molar-refractivity contribution in [2.24, 2.45) is 0 Å². The van der Waals surface area contributed by atoms with E-state index in [9.17, 15) is 4.79 Å². The fraction of sp³-hybridized carbons (Fsp3) is 0.333. The van der Waals surface area contributed by atoms with Crippen LogP contribution in [0.5, 0.6) is 0 Å². The van der Waals surface area contributed by atoms with Gasteiger partial charge >= 0.3 is 0 Å². The summed E-state index contributed by atoms with van der Waals surface area (Å²) in [5, 5.41) is 2.94. The average molecular weight is 289 g/mol. The second-order valence-electron chi connectivity index (χ2n) is 4.48. The minimum Gasteiger partial charge on any atom is -0.355 e. The third kappa shape index (κ3) is 5.48. The second-order valence-corrected chi connectivity index (χ2v) is 5.47. The first kappa shape index (κ1) is 14.7. The van der Waals surface area contributed by atoms with Gasteiger partial charge in [-0.15, -0.1) is 11.8 Å². The van der Waals surface area contributed by atoms with E-state index in [0.29, 0.717) is 12.3 Å². The molecule has 0 radical (unpaired) electrons. The van der Waals surface area contributed by atoms with E-state index < -0.39 is 0 Å². The zero-order valence-corrected chi connectivity index (χ0v) is 12.2. The smallest absolute Gasteiger partial charge is 0.230 e. The molecular weight excluding hydrogens is 270 g/mol. The van der Waals surface area contributed by atoms with Crippen LogP contribution < -0.4 is 5.32 Å². The molecular formula is C15H19N3OS. The third-order valence-corrected chi connectivity index (χ3v) is 3.82. The van der Waals surface area contributed by atoms with Gasteiger partial charge in [-0.1, -0.05) is 30.3 Å². The second kappa shape index (κ2) is 8.43. The van der Waals surface area contributed by atoms with Crippen LogP contribution in [0.4, 0.5) is 0 Å². The van der Waals surface area contributed by atoms with Crippen molar-refractivity contribution in [2.45, 2.75) is 18.7 Å². The maximum Gasteiger partial charge on any atom is 0.230 e. The predicted molar refractivity (Wildman–Crippen MR) is 82.5 cm³/mol. The number of aromatic nitrogens is 2. The fourth-order valence-corrected chi connectivity index (χ4v) is 2.61. The molecule has 0 saturated heterocycles. The molecule has 1 amide bonds. The Bertz CT molecular complexity index is 499. The molecule has 4 nitrogen and oxygen atoms in total. The number of hydrogen-bond acceptors (Lipinski definition) is 3. The number of thioether (sulfide) groups is 1. The van der Waals surface area contributed by atoms with E-state index in [-0.39, 0.29) is 5.91 Å². The summed E-state index contributed by atoms with van der Waals surface area (Å²) in [4.78, 5) is 15.6. The van der Waals surface area contributed by atoms with Crippen LogP contribution in [0.25, 0.3) is 0 Å². The van der Waals surface area contributed by atoms with Crippen LogP contribution in [0.3, 0.4) is 0 Å². The number of carbonyl (C=O) groups is 1. The first-order valence-corrected chi connectivity index (χ1v) is 7.84. The van der Waals surface area contributed by atoms with Gasteiger partial charge in [0.2, 0.25) is 5.91 Å². The van der Waals surface area contributed by atoms with Crippen LogP contribution >= 0.6 is 11.8 Å². The number of benzene rings is 1. The molecule has 0 fully saturated rings. The molecule has 1 aromatic heterocycles. The minimum absolute atomic E-state index is 0.108. The number of carbonyl (C=O) groups excluding carboxylic acids is 1. The summed E-state index contributed by atoms with van der Waals surface area (Å²) in [5.74, 6) is 1.50. The van der Waals surface area contributed by atoms with Crippen LogP contribution in [0, 0.1) is 0 Å². The van der Waals surface area contributed by atoms with Crippen molar-refractivity contribution in [1.29, 1.82) is 0 Å². The molecule has 1 N–H and O–H groups in total. The van der Waals surface area contributed by atoms with E-state index in [1.807, 2.05) is 29.0 Å². The van der Waals surface area contributed by atoms with Crippen molar-refractivity contribution in [2.75, 3.05) is 12.3 Å². The predicted octanol–water partition coefficient (Wildman–Crippen LogP) is 2.32. The Hall–Kier alpha value is -1.75. The molecule has 2 rings (SSSR count). The number of aryl methyl sites for hydroxylation is 1. The summed E-state index contributed by atoms with van der Waals surface area (Å²) in [6.07, 6.45) is 6.40. The molecule has 0 atom stereocenters. The van der Waals surface area contributed by atoms with Crippen LogP contribution in [-0.2, 0) is 17.1 Å². The number of hydrogen-bond donors (Lipinski definition) is 1. The summed E-state index contributed by atoms with van der Waals surface area (Å²) in [5.41, 5.74) is 1.26. The highest BCUT2D eigenvalue weighted by molar-refractivity contribution is 7.99. The van der Waals surface area contributed by atoms with Gasteiger partial charge in [-0.2, -0.15) is 0 Å². The molecule has 0 bridgehead atoms. The van der Waals surface area contributed by atoms with E-state index >= 15 is 0 Å². The minimum atomic E-state index is 0.108. The highest BCUT2D eigenvalue weighted by Gasteiger charge is 2.01. The molecule has 0 aliphatic rings. The molecule has 2 aromatic rings. The van der Waals surface area contributed by atoms with Crippen LogP contribution in [0.15, 0.2) is 49.1 Å². The highest BCUT2D eigenvalue weighted by atomic mass is 32.2. The lowest BCUT2D eigenvalue weighted by molar-refractivity contribution is -0.118. The lowest BCUT2D eigenvalue weighted by Crippen LogP contribution is -2.26. The van der Waals surface area contributed by atoms with Crippen molar-refractivity contribution in [3.63, 3.8) is 0 Å². The molecule has 0 aliphatic carbocycles. The van der Waals surface area contributed by atoms with Gasteiger partial charge in [-0.25, -0.2) is 4.98 Å². The van der Waals surface area contributed by atoms with Gasteiger partial charge in [0.15, 0.2) is 0 Å². The Morgan fingerprint density at radius 2 is 2.15 bits per heavy atom. The SMILES string of the molecule is O=C(CSCc1ccccc1)NCCCn1ccnc1. The van der Waals surface area contributed by atoms with Gasteiger partial charge in [-0.3, -0.25) is 4.79 Å². The van der Waals surface area contributed by atoms with Gasteiger partial charge in [0.1, 0.15) is 0 Å². The quantitative estimate of drug-likeness (QED) is 0.759. The zero-order valence-electron chi connectivity index (χ0n) is 11.4. The van der Waals surface area contributed by atoms with E-state index in [1.54, 1.807) is 24.3 Å². The monoisotopic (exact) mass is 289 g/mol. The number of imidazole rings is 1. The van der Waals surface area contributed by atoms with Gasteiger partial charge in [0, 0.05) is 31.2 Å². The number of nitrogens with zero attached hydrogens (tertiary/aromatic N) is 2. The molecule has 1 heterocycles. The van der Waals surface area contributed by atoms with Crippen molar-refractivity contribution in [3.8, 4) is 0 Å². The molecule has 20 heavy (non-hydrogen) atoms. The summed E-state index contributed by atoms with van der Waals surface area (Å²) in [6.45, 7) is 1.60. The van der Waals surface area contributed by atoms with Crippen LogP contribution in [0.2, 0.25) is 0 Å². The standard InChI is InChI=1S/C15H19N3OS/c19-15(12-20-11-14-5-2-1-3-6-14)17-7-4-9-18-10-8-16-13-18/h1-3,5-6,8,10,13H,4,7,9,11-12H2,(H,17,19). The van der Waals surface area contributed by atoms with Gasteiger partial charge in [0.05, 0.1) is 12.1 Å². The molecule has 106 valence electrons. The number of nitrogens with one attached hydrogen (secondary N) is 1. The molecule has 0 unspecified atom stereocenters. The Morgan fingerprint density at radius 3 is 2.90 bits per heavy atom. The Labute approximate surface area is 123 Å². The van der Waals surface area contributed by atoms with Crippen molar-refractivity contribution >= 4 is 17.7 Å². The Morgan fingerprint density at radius 1 is 1.30 bits per heavy atom. The van der Waals surface area contributed by atoms with E-state index in [1.165, 1.54) is 5.56 Å². The average Bonchev–Trinajstić information content (AvgIpc) is 2.98. The number of rotatable bonds is 8. The Kier molecular flexibility index (Phi) is 6.17. The summed E-state index contributed by atoms with van der Waals surface area (Å²) in [7, 11) is 0. The lowest BCUT2D eigenvalue weighted by atomic mass is 10.2. The summed E-state index contributed by atoms with van der Waals surface area (Å²) in [6, 6.07) is 10.2. The van der Waals surface area contributed by atoms with E-state index in [2.05, 4.69) is 22.4 Å². The van der Waals surface area contributed by atoms with Crippen LogP contribution in [-0.4, -0.2) is 27.8 Å². The highest BCUT2D eigenvalue weighted by Crippen LogP contribution is 2.10. The van der Waals surface area contributed by atoms with E-state index in [0.717, 1.165) is 18.7 Å². The summed E-state index contributed by atoms with van der Waals surface area (Å²) >= 11 is 1.64. The largest absolute Gasteiger partial charge is 0.355 e. The lowest BCUT2D eigenvalue weighted by Gasteiger charge is -2.06. The molecule has 5 heteroatoms. The van der Waals surface area contributed by atoms with Crippen molar-refractivity contribution in [1.82, 2.24) is 14.9 Å². The molecule has 1 aromatic carbocycles.